The normalized spacial score (nSPS) is 19.4. The second-order valence-electron chi connectivity index (χ2n) is 9.11. The smallest absolute Gasteiger partial charge is 0.123 e. The number of rotatable bonds is 7. The Labute approximate surface area is 179 Å². The molecule has 162 valence electrons. The van der Waals surface area contributed by atoms with E-state index in [2.05, 4.69) is 10.2 Å². The van der Waals surface area contributed by atoms with Gasteiger partial charge in [-0.05, 0) is 99.1 Å². The zero-order valence-electron chi connectivity index (χ0n) is 17.8. The Kier molecular flexibility index (Phi) is 7.51. The van der Waals surface area contributed by atoms with Crippen LogP contribution in [0.1, 0.15) is 62.1 Å². The minimum Gasteiger partial charge on any atom is -0.317 e. The lowest BCUT2D eigenvalue weighted by Gasteiger charge is -2.38. The lowest BCUT2D eigenvalue weighted by Crippen LogP contribution is -2.37. The van der Waals surface area contributed by atoms with Gasteiger partial charge in [0.15, 0.2) is 0 Å². The summed E-state index contributed by atoms with van der Waals surface area (Å²) in [6.45, 7) is 4.46. The fraction of sp³-hybridized carbons (Fsp3) is 0.538. The monoisotopic (exact) mass is 412 g/mol. The van der Waals surface area contributed by atoms with Gasteiger partial charge in [0.25, 0.3) is 0 Å². The van der Waals surface area contributed by atoms with Crippen LogP contribution in [0.15, 0.2) is 48.5 Å². The van der Waals surface area contributed by atoms with Gasteiger partial charge in [-0.3, -0.25) is 4.90 Å². The zero-order valence-corrected chi connectivity index (χ0v) is 17.8. The summed E-state index contributed by atoms with van der Waals surface area (Å²) in [5, 5.41) is 3.46. The number of piperidine rings is 2. The molecule has 2 aliphatic rings. The Morgan fingerprint density at radius 2 is 1.20 bits per heavy atom. The third-order valence-corrected chi connectivity index (χ3v) is 7.07. The summed E-state index contributed by atoms with van der Waals surface area (Å²) in [5.74, 6) is 1.30. The van der Waals surface area contributed by atoms with Crippen LogP contribution in [-0.4, -0.2) is 31.1 Å². The molecule has 2 fully saturated rings. The molecule has 0 aliphatic carbocycles. The van der Waals surface area contributed by atoms with Crippen LogP contribution in [0, 0.1) is 23.5 Å². The predicted octanol–water partition coefficient (Wildman–Crippen LogP) is 5.94. The lowest BCUT2D eigenvalue weighted by atomic mass is 9.86. The Hall–Kier alpha value is -1.78. The highest BCUT2D eigenvalue weighted by Crippen LogP contribution is 2.34. The minimum atomic E-state index is -0.218. The molecule has 0 unspecified atom stereocenters. The number of nitrogens with one attached hydrogen (secondary N) is 1. The van der Waals surface area contributed by atoms with Gasteiger partial charge in [0.05, 0.1) is 6.04 Å². The maximum absolute atomic E-state index is 13.5. The third-order valence-electron chi connectivity index (χ3n) is 7.07. The number of nitrogens with zero attached hydrogens (tertiary/aromatic N) is 1. The first-order valence-corrected chi connectivity index (χ1v) is 11.6. The van der Waals surface area contributed by atoms with Gasteiger partial charge in [-0.2, -0.15) is 0 Å². The van der Waals surface area contributed by atoms with Crippen molar-refractivity contribution < 1.29 is 8.78 Å². The Balaban J connectivity index is 1.35. The topological polar surface area (TPSA) is 15.3 Å². The van der Waals surface area contributed by atoms with Crippen molar-refractivity contribution in [1.29, 1.82) is 0 Å². The number of halogens is 2. The summed E-state index contributed by atoms with van der Waals surface area (Å²) in [5.41, 5.74) is 2.15. The van der Waals surface area contributed by atoms with Crippen LogP contribution in [0.25, 0.3) is 0 Å². The molecule has 2 saturated heterocycles. The van der Waals surface area contributed by atoms with Crippen molar-refractivity contribution in [3.05, 3.63) is 71.3 Å². The molecule has 2 aromatic rings. The molecule has 2 nitrogen and oxygen atoms in total. The molecule has 0 spiro atoms. The molecule has 0 aromatic heterocycles. The summed E-state index contributed by atoms with van der Waals surface area (Å²) in [7, 11) is 0. The van der Waals surface area contributed by atoms with Crippen molar-refractivity contribution in [2.45, 2.75) is 51.0 Å². The highest BCUT2D eigenvalue weighted by Gasteiger charge is 2.27. The van der Waals surface area contributed by atoms with Crippen molar-refractivity contribution in [2.24, 2.45) is 11.8 Å². The van der Waals surface area contributed by atoms with E-state index in [4.69, 9.17) is 0 Å². The van der Waals surface area contributed by atoms with Gasteiger partial charge in [-0.25, -0.2) is 8.78 Å². The molecule has 4 rings (SSSR count). The summed E-state index contributed by atoms with van der Waals surface area (Å²) in [6.07, 6.45) is 9.20. The van der Waals surface area contributed by atoms with Gasteiger partial charge in [0.2, 0.25) is 0 Å². The van der Waals surface area contributed by atoms with Crippen LogP contribution in [0.2, 0.25) is 0 Å². The van der Waals surface area contributed by atoms with E-state index in [0.717, 1.165) is 36.1 Å². The molecule has 2 aromatic carbocycles. The quantitative estimate of drug-likeness (QED) is 0.606. The molecule has 0 bridgehead atoms. The zero-order chi connectivity index (χ0) is 20.8. The standard InChI is InChI=1S/C26H34F2N2/c27-24-8-4-22(5-9-24)26(23-6-10-25(28)11-7-23)30-18-14-21(15-19-30)3-1-2-20-12-16-29-17-13-20/h4-11,20-21,26,29H,1-3,12-19H2. The molecule has 0 saturated carbocycles. The van der Waals surface area contributed by atoms with Crippen molar-refractivity contribution in [1.82, 2.24) is 10.2 Å². The molecule has 2 heterocycles. The second-order valence-corrected chi connectivity index (χ2v) is 9.11. The van der Waals surface area contributed by atoms with Gasteiger partial charge < -0.3 is 5.32 Å². The number of hydrogen-bond acceptors (Lipinski definition) is 2. The predicted molar refractivity (Wildman–Crippen MR) is 118 cm³/mol. The van der Waals surface area contributed by atoms with Crippen LogP contribution >= 0.6 is 0 Å². The average Bonchev–Trinajstić information content (AvgIpc) is 2.78. The molecule has 1 N–H and O–H groups in total. The largest absolute Gasteiger partial charge is 0.317 e. The summed E-state index contributed by atoms with van der Waals surface area (Å²) < 4.78 is 27.0. The Morgan fingerprint density at radius 1 is 0.733 bits per heavy atom. The van der Waals surface area contributed by atoms with Crippen LogP contribution in [0.4, 0.5) is 8.78 Å². The first kappa shape index (κ1) is 21.5. The number of hydrogen-bond donors (Lipinski definition) is 1. The fourth-order valence-electron chi connectivity index (χ4n) is 5.27. The Morgan fingerprint density at radius 3 is 1.70 bits per heavy atom. The summed E-state index contributed by atoms with van der Waals surface area (Å²) in [6, 6.07) is 13.6. The SMILES string of the molecule is Fc1ccc(C(c2ccc(F)cc2)N2CCC(CCCC3CCNCC3)CC2)cc1. The summed E-state index contributed by atoms with van der Waals surface area (Å²) in [4.78, 5) is 2.49. The van der Waals surface area contributed by atoms with Gasteiger partial charge >= 0.3 is 0 Å². The van der Waals surface area contributed by atoms with Gasteiger partial charge in [0.1, 0.15) is 11.6 Å². The van der Waals surface area contributed by atoms with E-state index >= 15 is 0 Å². The Bertz CT molecular complexity index is 715. The van der Waals surface area contributed by atoms with Crippen molar-refractivity contribution in [3.8, 4) is 0 Å². The van der Waals surface area contributed by atoms with E-state index in [0.29, 0.717) is 0 Å². The number of benzene rings is 2. The van der Waals surface area contributed by atoms with Crippen LogP contribution in [-0.2, 0) is 0 Å². The molecule has 0 radical (unpaired) electrons. The molecule has 4 heteroatoms. The molecule has 30 heavy (non-hydrogen) atoms. The highest BCUT2D eigenvalue weighted by atomic mass is 19.1. The second kappa shape index (κ2) is 10.5. The van der Waals surface area contributed by atoms with E-state index in [1.54, 1.807) is 0 Å². The molecular formula is C26H34F2N2. The van der Waals surface area contributed by atoms with E-state index < -0.39 is 0 Å². The van der Waals surface area contributed by atoms with E-state index in [-0.39, 0.29) is 17.7 Å². The van der Waals surface area contributed by atoms with E-state index in [9.17, 15) is 8.78 Å². The van der Waals surface area contributed by atoms with Gasteiger partial charge in [-0.1, -0.05) is 43.5 Å². The molecule has 2 aliphatic heterocycles. The van der Waals surface area contributed by atoms with E-state index in [1.807, 2.05) is 24.3 Å². The van der Waals surface area contributed by atoms with Crippen LogP contribution < -0.4 is 5.32 Å². The molecule has 0 atom stereocenters. The van der Waals surface area contributed by atoms with Crippen LogP contribution in [0.5, 0.6) is 0 Å². The first-order chi connectivity index (χ1) is 14.7. The van der Waals surface area contributed by atoms with Gasteiger partial charge in [-0.15, -0.1) is 0 Å². The fourth-order valence-corrected chi connectivity index (χ4v) is 5.27. The summed E-state index contributed by atoms with van der Waals surface area (Å²) >= 11 is 0. The van der Waals surface area contributed by atoms with Crippen LogP contribution in [0.3, 0.4) is 0 Å². The number of likely N-dealkylation sites (tertiary alicyclic amines) is 1. The van der Waals surface area contributed by atoms with Crippen molar-refractivity contribution >= 4 is 0 Å². The minimum absolute atomic E-state index is 0.0573. The van der Waals surface area contributed by atoms with Crippen molar-refractivity contribution in [3.63, 3.8) is 0 Å². The maximum atomic E-state index is 13.5. The lowest BCUT2D eigenvalue weighted by molar-refractivity contribution is 0.144. The molecule has 0 amide bonds. The first-order valence-electron chi connectivity index (χ1n) is 11.6. The highest BCUT2D eigenvalue weighted by molar-refractivity contribution is 5.32. The van der Waals surface area contributed by atoms with Gasteiger partial charge in [0, 0.05) is 0 Å². The average molecular weight is 413 g/mol. The van der Waals surface area contributed by atoms with Crippen molar-refractivity contribution in [2.75, 3.05) is 26.2 Å². The molecular weight excluding hydrogens is 378 g/mol. The third kappa shape index (κ3) is 5.67. The van der Waals surface area contributed by atoms with E-state index in [1.165, 1.54) is 82.3 Å². The maximum Gasteiger partial charge on any atom is 0.123 e.